The first-order chi connectivity index (χ1) is 20.1. The van der Waals surface area contributed by atoms with Gasteiger partial charge >= 0.3 is 0 Å². The van der Waals surface area contributed by atoms with E-state index in [2.05, 4.69) is 16.9 Å². The summed E-state index contributed by atoms with van der Waals surface area (Å²) in [4.78, 5) is 20.6. The van der Waals surface area contributed by atoms with E-state index in [1.54, 1.807) is 35.7 Å². The Bertz CT molecular complexity index is 1720. The minimum atomic E-state index is -4.10. The lowest BCUT2D eigenvalue weighted by Crippen LogP contribution is -2.32. The van der Waals surface area contributed by atoms with Crippen molar-refractivity contribution in [1.82, 2.24) is 23.9 Å². The number of benzene rings is 2. The highest BCUT2D eigenvalue weighted by atomic mass is 35.5. The molecule has 2 aromatic carbocycles. The van der Waals surface area contributed by atoms with Gasteiger partial charge in [0.05, 0.1) is 22.8 Å². The van der Waals surface area contributed by atoms with Gasteiger partial charge in [-0.1, -0.05) is 49.0 Å². The Labute approximate surface area is 255 Å². The first-order valence-corrected chi connectivity index (χ1v) is 16.1. The van der Waals surface area contributed by atoms with Crippen molar-refractivity contribution in [3.8, 4) is 17.1 Å². The van der Waals surface area contributed by atoms with Crippen molar-refractivity contribution in [2.24, 2.45) is 0 Å². The standard InChI is InChI=1S/C29H35Cl2N5O5S/c1-4-6-7-9-26-32-19(3)27-29(38)33-28(34-36(26)27)23-17-22(12-13-25(23)41-5-2)42(39,40)35(14-8-15-37)18-20-10-11-21(30)16-24(20)31/h10-13,16-17,37H,4-9,14-15,18H2,1-3H3,(H,33,34,38). The Morgan fingerprint density at radius 3 is 2.57 bits per heavy atom. The highest BCUT2D eigenvalue weighted by molar-refractivity contribution is 7.89. The fraction of sp³-hybridized carbons (Fsp3) is 0.414. The molecule has 0 radical (unpaired) electrons. The second-order valence-electron chi connectivity index (χ2n) is 9.88. The summed E-state index contributed by atoms with van der Waals surface area (Å²) in [6.07, 6.45) is 3.84. The van der Waals surface area contributed by atoms with E-state index in [-0.39, 0.29) is 42.4 Å². The van der Waals surface area contributed by atoms with Crippen molar-refractivity contribution in [3.05, 3.63) is 73.9 Å². The van der Waals surface area contributed by atoms with Crippen LogP contribution in [0.4, 0.5) is 0 Å². The number of ether oxygens (including phenoxy) is 1. The van der Waals surface area contributed by atoms with Crippen LogP contribution in [0.1, 0.15) is 56.6 Å². The Hall–Kier alpha value is -2.96. The summed E-state index contributed by atoms with van der Waals surface area (Å²) in [6.45, 7) is 5.84. The van der Waals surface area contributed by atoms with E-state index in [4.69, 9.17) is 33.0 Å². The molecule has 0 amide bonds. The third kappa shape index (κ3) is 6.98. The number of sulfonamides is 1. The lowest BCUT2D eigenvalue weighted by molar-refractivity contribution is 0.267. The molecule has 2 heterocycles. The summed E-state index contributed by atoms with van der Waals surface area (Å²) in [5, 5.41) is 14.9. The number of fused-ring (bicyclic) bond motifs is 1. The zero-order valence-corrected chi connectivity index (χ0v) is 26.2. The Morgan fingerprint density at radius 1 is 1.10 bits per heavy atom. The molecule has 0 aliphatic rings. The van der Waals surface area contributed by atoms with Crippen LogP contribution in [0.3, 0.4) is 0 Å². The van der Waals surface area contributed by atoms with Gasteiger partial charge < -0.3 is 14.8 Å². The number of hydrogen-bond acceptors (Lipinski definition) is 7. The van der Waals surface area contributed by atoms with Crippen molar-refractivity contribution in [2.45, 2.75) is 64.3 Å². The van der Waals surface area contributed by atoms with Gasteiger partial charge in [0.15, 0.2) is 11.3 Å². The first-order valence-electron chi connectivity index (χ1n) is 13.9. The van der Waals surface area contributed by atoms with Crippen molar-refractivity contribution >= 4 is 38.7 Å². The number of hydrogen-bond donors (Lipinski definition) is 2. The zero-order chi connectivity index (χ0) is 30.4. The summed E-state index contributed by atoms with van der Waals surface area (Å²) < 4.78 is 36.6. The van der Waals surface area contributed by atoms with Gasteiger partial charge in [0, 0.05) is 36.2 Å². The smallest absolute Gasteiger partial charge is 0.277 e. The molecule has 0 spiro atoms. The average molecular weight is 637 g/mol. The SMILES string of the molecule is CCCCCc1nc(C)c2c(=O)[nH]c(-c3cc(S(=O)(=O)N(CCCO)Cc4ccc(Cl)cc4Cl)ccc3OCC)nn12. The first kappa shape index (κ1) is 32.0. The fourth-order valence-electron chi connectivity index (χ4n) is 4.71. The third-order valence-electron chi connectivity index (χ3n) is 6.82. The number of aliphatic hydroxyl groups is 1. The van der Waals surface area contributed by atoms with Gasteiger partial charge in [0.25, 0.3) is 5.56 Å². The van der Waals surface area contributed by atoms with Gasteiger partial charge in [0.1, 0.15) is 11.6 Å². The van der Waals surface area contributed by atoms with Gasteiger partial charge in [-0.25, -0.2) is 17.9 Å². The number of aliphatic hydroxyl groups excluding tert-OH is 1. The highest BCUT2D eigenvalue weighted by Gasteiger charge is 2.27. The Balaban J connectivity index is 1.82. The summed E-state index contributed by atoms with van der Waals surface area (Å²) in [5.74, 6) is 1.19. The second kappa shape index (κ2) is 14.0. The number of aromatic nitrogens is 4. The lowest BCUT2D eigenvalue weighted by Gasteiger charge is -2.23. The molecule has 0 fully saturated rings. The largest absolute Gasteiger partial charge is 0.493 e. The van der Waals surface area contributed by atoms with Crippen LogP contribution in [0.5, 0.6) is 5.75 Å². The molecule has 0 unspecified atom stereocenters. The topological polar surface area (TPSA) is 130 Å². The number of unbranched alkanes of at least 4 members (excludes halogenated alkanes) is 2. The number of H-pyrrole nitrogens is 1. The van der Waals surface area contributed by atoms with Gasteiger partial charge in [0.2, 0.25) is 10.0 Å². The van der Waals surface area contributed by atoms with E-state index in [0.29, 0.717) is 57.0 Å². The molecular formula is C29H35Cl2N5O5S. The van der Waals surface area contributed by atoms with E-state index in [1.165, 1.54) is 16.4 Å². The summed E-state index contributed by atoms with van der Waals surface area (Å²) >= 11 is 12.4. The van der Waals surface area contributed by atoms with E-state index in [0.717, 1.165) is 19.3 Å². The molecule has 0 aliphatic heterocycles. The Kier molecular flexibility index (Phi) is 10.7. The molecule has 4 aromatic rings. The van der Waals surface area contributed by atoms with Crippen molar-refractivity contribution in [2.75, 3.05) is 19.8 Å². The number of rotatable bonds is 14. The average Bonchev–Trinajstić information content (AvgIpc) is 3.27. The second-order valence-corrected chi connectivity index (χ2v) is 12.7. The van der Waals surface area contributed by atoms with Gasteiger partial charge in [-0.2, -0.15) is 4.31 Å². The van der Waals surface area contributed by atoms with Gasteiger partial charge in [-0.05, 0) is 62.6 Å². The molecule has 0 saturated carbocycles. The van der Waals surface area contributed by atoms with E-state index in [9.17, 15) is 18.3 Å². The van der Waals surface area contributed by atoms with Crippen molar-refractivity contribution in [3.63, 3.8) is 0 Å². The summed E-state index contributed by atoms with van der Waals surface area (Å²) in [7, 11) is -4.10. The monoisotopic (exact) mass is 635 g/mol. The molecule has 0 saturated heterocycles. The molecule has 0 bridgehead atoms. The van der Waals surface area contributed by atoms with Crippen molar-refractivity contribution < 1.29 is 18.3 Å². The quantitative estimate of drug-likeness (QED) is 0.177. The highest BCUT2D eigenvalue weighted by Crippen LogP contribution is 2.32. The summed E-state index contributed by atoms with van der Waals surface area (Å²) in [6, 6.07) is 9.31. The van der Waals surface area contributed by atoms with Crippen LogP contribution >= 0.6 is 23.2 Å². The van der Waals surface area contributed by atoms with Gasteiger partial charge in [-0.3, -0.25) is 4.79 Å². The zero-order valence-electron chi connectivity index (χ0n) is 23.9. The van der Waals surface area contributed by atoms with Crippen LogP contribution in [0.25, 0.3) is 16.9 Å². The predicted octanol–water partition coefficient (Wildman–Crippen LogP) is 5.40. The fourth-order valence-corrected chi connectivity index (χ4v) is 6.66. The Morgan fingerprint density at radius 2 is 1.88 bits per heavy atom. The van der Waals surface area contributed by atoms with Crippen LogP contribution in [0, 0.1) is 6.92 Å². The number of nitrogens with zero attached hydrogens (tertiary/aromatic N) is 4. The number of imidazole rings is 1. The minimum Gasteiger partial charge on any atom is -0.493 e. The number of aromatic amines is 1. The minimum absolute atomic E-state index is 0.0304. The maximum atomic E-state index is 14.0. The van der Waals surface area contributed by atoms with E-state index < -0.39 is 10.0 Å². The number of halogens is 2. The molecule has 2 aromatic heterocycles. The molecule has 13 heteroatoms. The maximum Gasteiger partial charge on any atom is 0.277 e. The maximum absolute atomic E-state index is 14.0. The van der Waals surface area contributed by atoms with Crippen LogP contribution in [-0.4, -0.2) is 57.2 Å². The predicted molar refractivity (Wildman–Crippen MR) is 164 cm³/mol. The lowest BCUT2D eigenvalue weighted by atomic mass is 10.2. The van der Waals surface area contributed by atoms with Crippen LogP contribution < -0.4 is 10.3 Å². The molecule has 226 valence electrons. The van der Waals surface area contributed by atoms with Gasteiger partial charge in [-0.15, -0.1) is 5.10 Å². The molecule has 2 N–H and O–H groups in total. The van der Waals surface area contributed by atoms with Crippen molar-refractivity contribution in [1.29, 1.82) is 0 Å². The summed E-state index contributed by atoms with van der Waals surface area (Å²) in [5.41, 5.74) is 1.42. The molecule has 10 nitrogen and oxygen atoms in total. The molecule has 4 rings (SSSR count). The molecule has 0 atom stereocenters. The van der Waals surface area contributed by atoms with Crippen LogP contribution in [-0.2, 0) is 23.0 Å². The number of aryl methyl sites for hydroxylation is 2. The molecule has 42 heavy (non-hydrogen) atoms. The van der Waals surface area contributed by atoms with E-state index >= 15 is 0 Å². The third-order valence-corrected chi connectivity index (χ3v) is 9.25. The normalized spacial score (nSPS) is 12.0. The van der Waals surface area contributed by atoms with Crippen LogP contribution in [0.2, 0.25) is 10.0 Å². The molecule has 0 aliphatic carbocycles. The van der Waals surface area contributed by atoms with Crippen LogP contribution in [0.15, 0.2) is 46.1 Å². The molecular weight excluding hydrogens is 601 g/mol. The number of nitrogens with one attached hydrogen (secondary N) is 1. The van der Waals surface area contributed by atoms with E-state index in [1.807, 2.05) is 6.92 Å².